The van der Waals surface area contributed by atoms with E-state index in [2.05, 4.69) is 24.0 Å². The average molecular weight is 239 g/mol. The third-order valence-electron chi connectivity index (χ3n) is 3.44. The molecule has 0 aliphatic rings. The molecule has 0 saturated carbocycles. The van der Waals surface area contributed by atoms with Gasteiger partial charge in [0, 0.05) is 23.0 Å². The molecular formula is C16H14FN. The van der Waals surface area contributed by atoms with Crippen molar-refractivity contribution in [3.05, 3.63) is 71.7 Å². The van der Waals surface area contributed by atoms with Crippen LogP contribution in [0, 0.1) is 5.82 Å². The summed E-state index contributed by atoms with van der Waals surface area (Å²) in [7, 11) is 0. The van der Waals surface area contributed by atoms with E-state index in [1.807, 2.05) is 30.5 Å². The number of nitrogens with one attached hydrogen (secondary N) is 1. The van der Waals surface area contributed by atoms with Crippen molar-refractivity contribution in [3.63, 3.8) is 0 Å². The number of aromatic amines is 1. The van der Waals surface area contributed by atoms with Crippen molar-refractivity contribution in [2.24, 2.45) is 0 Å². The topological polar surface area (TPSA) is 15.8 Å². The van der Waals surface area contributed by atoms with Gasteiger partial charge in [0.1, 0.15) is 5.82 Å². The monoisotopic (exact) mass is 239 g/mol. The molecule has 2 heteroatoms. The van der Waals surface area contributed by atoms with Gasteiger partial charge in [0.15, 0.2) is 0 Å². The van der Waals surface area contributed by atoms with Crippen LogP contribution < -0.4 is 0 Å². The third kappa shape index (κ3) is 1.80. The molecule has 18 heavy (non-hydrogen) atoms. The minimum Gasteiger partial charge on any atom is -0.361 e. The quantitative estimate of drug-likeness (QED) is 0.679. The molecule has 0 aliphatic heterocycles. The Bertz CT molecular complexity index is 670. The lowest BCUT2D eigenvalue weighted by molar-refractivity contribution is 0.629. The van der Waals surface area contributed by atoms with E-state index in [9.17, 15) is 4.39 Å². The molecule has 1 unspecified atom stereocenters. The Morgan fingerprint density at radius 2 is 1.83 bits per heavy atom. The highest BCUT2D eigenvalue weighted by Gasteiger charge is 2.13. The molecule has 3 rings (SSSR count). The van der Waals surface area contributed by atoms with E-state index in [-0.39, 0.29) is 5.82 Å². The van der Waals surface area contributed by atoms with E-state index in [4.69, 9.17) is 0 Å². The first-order chi connectivity index (χ1) is 8.75. The van der Waals surface area contributed by atoms with Crippen LogP contribution in [0.3, 0.4) is 0 Å². The van der Waals surface area contributed by atoms with Gasteiger partial charge < -0.3 is 4.98 Å². The summed E-state index contributed by atoms with van der Waals surface area (Å²) in [6.07, 6.45) is 1.97. The molecule has 0 spiro atoms. The maximum absolute atomic E-state index is 13.1. The molecule has 0 radical (unpaired) electrons. The van der Waals surface area contributed by atoms with Crippen LogP contribution >= 0.6 is 0 Å². The van der Waals surface area contributed by atoms with E-state index in [0.717, 1.165) is 10.9 Å². The van der Waals surface area contributed by atoms with Gasteiger partial charge in [-0.1, -0.05) is 37.3 Å². The summed E-state index contributed by atoms with van der Waals surface area (Å²) in [5, 5.41) is 1.09. The minimum atomic E-state index is -0.205. The third-order valence-corrected chi connectivity index (χ3v) is 3.44. The van der Waals surface area contributed by atoms with Crippen LogP contribution in [0.1, 0.15) is 24.0 Å². The van der Waals surface area contributed by atoms with Gasteiger partial charge in [-0.15, -0.1) is 0 Å². The normalized spacial score (nSPS) is 12.8. The molecule has 0 aliphatic carbocycles. The predicted octanol–water partition coefficient (Wildman–Crippen LogP) is 4.46. The fourth-order valence-corrected chi connectivity index (χ4v) is 2.40. The second-order valence-electron chi connectivity index (χ2n) is 4.57. The predicted molar refractivity (Wildman–Crippen MR) is 72.2 cm³/mol. The summed E-state index contributed by atoms with van der Waals surface area (Å²) in [5.41, 5.74) is 3.33. The Balaban J connectivity index is 2.10. The zero-order chi connectivity index (χ0) is 12.5. The van der Waals surface area contributed by atoms with Crippen LogP contribution in [0.15, 0.2) is 54.7 Å². The smallest absolute Gasteiger partial charge is 0.125 e. The van der Waals surface area contributed by atoms with Crippen molar-refractivity contribution in [2.45, 2.75) is 12.8 Å². The summed E-state index contributed by atoms with van der Waals surface area (Å²) in [6.45, 7) is 2.17. The largest absolute Gasteiger partial charge is 0.361 e. The number of H-pyrrole nitrogens is 1. The molecular weight excluding hydrogens is 225 g/mol. The van der Waals surface area contributed by atoms with E-state index in [1.54, 1.807) is 0 Å². The van der Waals surface area contributed by atoms with Crippen molar-refractivity contribution < 1.29 is 4.39 Å². The number of rotatable bonds is 2. The van der Waals surface area contributed by atoms with E-state index < -0.39 is 0 Å². The Hall–Kier alpha value is -2.09. The van der Waals surface area contributed by atoms with Gasteiger partial charge in [0.25, 0.3) is 0 Å². The van der Waals surface area contributed by atoms with Gasteiger partial charge in [0.2, 0.25) is 0 Å². The van der Waals surface area contributed by atoms with Crippen molar-refractivity contribution >= 4 is 10.9 Å². The maximum atomic E-state index is 13.1. The molecule has 1 N–H and O–H groups in total. The standard InChI is InChI=1S/C16H14FN/c1-11(12-5-3-2-4-6-12)15-10-18-16-9-13(17)7-8-14(15)16/h2-11,18H,1H3. The highest BCUT2D eigenvalue weighted by molar-refractivity contribution is 5.84. The van der Waals surface area contributed by atoms with Crippen LogP contribution in [0.4, 0.5) is 4.39 Å². The Labute approximate surface area is 105 Å². The second kappa shape index (κ2) is 4.30. The number of hydrogen-bond donors (Lipinski definition) is 1. The van der Waals surface area contributed by atoms with Crippen LogP contribution in [0.2, 0.25) is 0 Å². The summed E-state index contributed by atoms with van der Waals surface area (Å²) >= 11 is 0. The highest BCUT2D eigenvalue weighted by atomic mass is 19.1. The van der Waals surface area contributed by atoms with Crippen molar-refractivity contribution in [1.29, 1.82) is 0 Å². The van der Waals surface area contributed by atoms with Gasteiger partial charge in [-0.2, -0.15) is 0 Å². The molecule has 0 amide bonds. The number of fused-ring (bicyclic) bond motifs is 1. The lowest BCUT2D eigenvalue weighted by Crippen LogP contribution is -1.94. The van der Waals surface area contributed by atoms with Crippen molar-refractivity contribution in [2.75, 3.05) is 0 Å². The number of benzene rings is 2. The van der Waals surface area contributed by atoms with E-state index in [0.29, 0.717) is 5.92 Å². The molecule has 2 aromatic carbocycles. The van der Waals surface area contributed by atoms with E-state index >= 15 is 0 Å². The first kappa shape index (κ1) is 11.0. The van der Waals surface area contributed by atoms with Crippen molar-refractivity contribution in [3.8, 4) is 0 Å². The highest BCUT2D eigenvalue weighted by Crippen LogP contribution is 2.30. The summed E-state index contributed by atoms with van der Waals surface area (Å²) in [4.78, 5) is 3.14. The van der Waals surface area contributed by atoms with Gasteiger partial charge in [-0.25, -0.2) is 4.39 Å². The van der Waals surface area contributed by atoms with Crippen molar-refractivity contribution in [1.82, 2.24) is 4.98 Å². The number of halogens is 1. The maximum Gasteiger partial charge on any atom is 0.125 e. The Kier molecular flexibility index (Phi) is 2.63. The molecule has 1 heterocycles. The molecule has 1 aromatic heterocycles. The van der Waals surface area contributed by atoms with Crippen LogP contribution in [-0.4, -0.2) is 4.98 Å². The first-order valence-electron chi connectivity index (χ1n) is 6.07. The number of hydrogen-bond acceptors (Lipinski definition) is 0. The van der Waals surface area contributed by atoms with Crippen LogP contribution in [0.5, 0.6) is 0 Å². The van der Waals surface area contributed by atoms with Crippen LogP contribution in [-0.2, 0) is 0 Å². The van der Waals surface area contributed by atoms with Gasteiger partial charge in [0.05, 0.1) is 0 Å². The molecule has 1 nitrogen and oxygen atoms in total. The second-order valence-corrected chi connectivity index (χ2v) is 4.57. The van der Waals surface area contributed by atoms with Gasteiger partial charge in [-0.05, 0) is 29.3 Å². The minimum absolute atomic E-state index is 0.205. The lowest BCUT2D eigenvalue weighted by Gasteiger charge is -2.10. The fraction of sp³-hybridized carbons (Fsp3) is 0.125. The summed E-state index contributed by atoms with van der Waals surface area (Å²) in [6, 6.07) is 15.2. The zero-order valence-corrected chi connectivity index (χ0v) is 10.2. The SMILES string of the molecule is CC(c1ccccc1)c1c[nH]c2cc(F)ccc12. The number of aromatic nitrogens is 1. The molecule has 90 valence electrons. The zero-order valence-electron chi connectivity index (χ0n) is 10.2. The fourth-order valence-electron chi connectivity index (χ4n) is 2.40. The first-order valence-corrected chi connectivity index (χ1v) is 6.07. The van der Waals surface area contributed by atoms with Gasteiger partial charge >= 0.3 is 0 Å². The van der Waals surface area contributed by atoms with Crippen LogP contribution in [0.25, 0.3) is 10.9 Å². The van der Waals surface area contributed by atoms with E-state index in [1.165, 1.54) is 23.3 Å². The molecule has 0 fully saturated rings. The average Bonchev–Trinajstić information content (AvgIpc) is 2.81. The molecule has 0 saturated heterocycles. The Morgan fingerprint density at radius 1 is 1.06 bits per heavy atom. The molecule has 3 aromatic rings. The molecule has 1 atom stereocenters. The lowest BCUT2D eigenvalue weighted by atomic mass is 9.93. The van der Waals surface area contributed by atoms with Gasteiger partial charge in [-0.3, -0.25) is 0 Å². The summed E-state index contributed by atoms with van der Waals surface area (Å²) < 4.78 is 13.1. The Morgan fingerprint density at radius 3 is 2.61 bits per heavy atom. The summed E-state index contributed by atoms with van der Waals surface area (Å²) in [5.74, 6) is 0.0914. The molecule has 0 bridgehead atoms.